The second kappa shape index (κ2) is 31.1. The minimum atomic E-state index is -1.32. The molecule has 3 fully saturated rings. The molecule has 10 rings (SSSR count). The van der Waals surface area contributed by atoms with Crippen molar-refractivity contribution in [2.75, 3.05) is 108 Å². The highest BCUT2D eigenvalue weighted by Crippen LogP contribution is 2.47. The van der Waals surface area contributed by atoms with E-state index in [9.17, 15) is 43.2 Å². The van der Waals surface area contributed by atoms with Crippen LogP contribution in [0.2, 0.25) is 0 Å². The van der Waals surface area contributed by atoms with Crippen molar-refractivity contribution in [1.29, 1.82) is 0 Å². The quantitative estimate of drug-likeness (QED) is 0.0185. The van der Waals surface area contributed by atoms with Gasteiger partial charge in [-0.05, 0) is 132 Å². The Kier molecular flexibility index (Phi) is 22.6. The van der Waals surface area contributed by atoms with Crippen molar-refractivity contribution in [3.05, 3.63) is 95.6 Å². The zero-order valence-corrected chi connectivity index (χ0v) is 54.0. The normalized spacial score (nSPS) is 19.3. The van der Waals surface area contributed by atoms with Gasteiger partial charge in [0.25, 0.3) is 17.7 Å². The van der Waals surface area contributed by atoms with Crippen molar-refractivity contribution in [3.8, 4) is 17.2 Å². The second-order valence-corrected chi connectivity index (χ2v) is 25.0. The summed E-state index contributed by atoms with van der Waals surface area (Å²) in [5, 5.41) is 10.3. The first kappa shape index (κ1) is 67.6. The van der Waals surface area contributed by atoms with Gasteiger partial charge >= 0.3 is 12.2 Å². The summed E-state index contributed by atoms with van der Waals surface area (Å²) in [7, 11) is 4.98. The predicted molar refractivity (Wildman–Crippen MR) is 348 cm³/mol. The molecule has 0 bridgehead atoms. The summed E-state index contributed by atoms with van der Waals surface area (Å²) >= 11 is 6.57. The van der Waals surface area contributed by atoms with Crippen molar-refractivity contribution >= 4 is 93.0 Å². The third kappa shape index (κ3) is 15.2. The number of piperazine rings is 1. The largest absolute Gasteiger partial charge is 0.493 e. The maximum absolute atomic E-state index is 14.6. The standard InChI is InChI=1S/C68H85ClN10O14/c1-74-33-35-75(36-34-74)66(87)93-54-40-53-60(48-17-8-7-16-47(48)54)45(41-69)42-78(53)57(80)20-6-4-13-37-91-56-39-52-49(38-55(56)89-2)62(84)76-32-14-19-51(76)63(90-3)79(52)67(88)92-43-44-21-23-46(24-22-44)72-61(83)50(18-9-10-29-70)73-65(86)68(27-15-28-68)64(85)71-30-11-5-12-31-77-58(81)25-26-59(77)82/h7-8,16-17,21-26,38-40,45,50-51,63H,4-6,9-15,18-20,27-37,41-43,70H2,1-3H3,(H,71,85)(H,72,83)(H,73,86)/t45-,50+,51+,63?/m1/s1. The zero-order valence-electron chi connectivity index (χ0n) is 53.3. The average molecular weight is 1300 g/mol. The third-order valence-electron chi connectivity index (χ3n) is 18.7. The molecule has 24 nitrogen and oxygen atoms in total. The number of methoxy groups -OCH3 is 2. The molecular formula is C68H85ClN10O14. The summed E-state index contributed by atoms with van der Waals surface area (Å²) in [4.78, 5) is 132. The summed E-state index contributed by atoms with van der Waals surface area (Å²) in [6, 6.07) is 17.9. The molecule has 6 aliphatic rings. The van der Waals surface area contributed by atoms with Crippen LogP contribution >= 0.6 is 11.6 Å². The molecule has 4 atom stereocenters. The van der Waals surface area contributed by atoms with Gasteiger partial charge in [0.2, 0.25) is 23.6 Å². The Balaban J connectivity index is 0.743. The number of fused-ring (bicyclic) bond motifs is 5. The van der Waals surface area contributed by atoms with Gasteiger partial charge in [0, 0.05) is 113 Å². The van der Waals surface area contributed by atoms with Crippen molar-refractivity contribution in [1.82, 2.24) is 30.2 Å². The lowest BCUT2D eigenvalue weighted by Crippen LogP contribution is -2.58. The van der Waals surface area contributed by atoms with Crippen molar-refractivity contribution in [3.63, 3.8) is 0 Å². The van der Waals surface area contributed by atoms with E-state index >= 15 is 0 Å². The summed E-state index contributed by atoms with van der Waals surface area (Å²) in [6.45, 7) is 4.48. The molecule has 0 radical (unpaired) electrons. The van der Waals surface area contributed by atoms with Crippen molar-refractivity contribution in [2.24, 2.45) is 11.1 Å². The molecule has 93 heavy (non-hydrogen) atoms. The SMILES string of the molecule is COc1cc2c(cc1OCCCCCC(=O)N1C[C@@H](CCl)c3c1cc(OC(=O)N1CCN(C)CC1)c1ccccc31)N(C(=O)OCc1ccc(NC(=O)[C@H](CCCCN)NC(=O)C3(C(=O)NCCCCCN4C(=O)C=CC4=O)CCC3)cc1)C(OC)[C@@H]1CCCN1C2=O. The van der Waals surface area contributed by atoms with E-state index in [-0.39, 0.29) is 84.9 Å². The van der Waals surface area contributed by atoms with Crippen LogP contribution < -0.4 is 45.7 Å². The Morgan fingerprint density at radius 2 is 1.49 bits per heavy atom. The Bertz CT molecular complexity index is 3450. The molecule has 2 saturated heterocycles. The van der Waals surface area contributed by atoms with Gasteiger partial charge in [0.05, 0.1) is 36.7 Å². The van der Waals surface area contributed by atoms with Crippen molar-refractivity contribution < 1.29 is 66.8 Å². The third-order valence-corrected chi connectivity index (χ3v) is 19.1. The number of nitrogens with two attached hydrogens (primary N) is 1. The Hall–Kier alpha value is -8.32. The number of nitrogens with one attached hydrogen (secondary N) is 3. The Morgan fingerprint density at radius 3 is 2.19 bits per heavy atom. The fourth-order valence-corrected chi connectivity index (χ4v) is 13.5. The van der Waals surface area contributed by atoms with Gasteiger partial charge in [0.1, 0.15) is 23.8 Å². The number of unbranched alkanes of at least 4 members (excludes halogenated alkanes) is 5. The molecule has 4 aromatic carbocycles. The fraction of sp³-hybridized carbons (Fsp3) is 0.515. The maximum atomic E-state index is 14.6. The number of carbonyl (C=O) groups is 9. The fourth-order valence-electron chi connectivity index (χ4n) is 13.2. The highest BCUT2D eigenvalue weighted by atomic mass is 35.5. The summed E-state index contributed by atoms with van der Waals surface area (Å²) in [5.41, 5.74) is 7.53. The number of carbonyl (C=O) groups excluding carboxylic acids is 9. The number of amides is 9. The van der Waals surface area contributed by atoms with E-state index in [4.69, 9.17) is 41.0 Å². The van der Waals surface area contributed by atoms with E-state index in [1.807, 2.05) is 31.3 Å². The minimum absolute atomic E-state index is 0.0741. The smallest absolute Gasteiger partial charge is 0.416 e. The van der Waals surface area contributed by atoms with Crippen molar-refractivity contribution in [2.45, 2.75) is 127 Å². The number of hydrogen-bond donors (Lipinski definition) is 4. The van der Waals surface area contributed by atoms with Crippen LogP contribution in [0.1, 0.15) is 124 Å². The Labute approximate surface area is 546 Å². The van der Waals surface area contributed by atoms with E-state index in [1.165, 1.54) is 36.2 Å². The summed E-state index contributed by atoms with van der Waals surface area (Å²) in [6.07, 6.45) is 8.21. The Morgan fingerprint density at radius 1 is 0.763 bits per heavy atom. The molecule has 5 heterocycles. The first-order valence-corrected chi connectivity index (χ1v) is 33.1. The molecule has 5 aliphatic heterocycles. The van der Waals surface area contributed by atoms with Gasteiger partial charge in [0.15, 0.2) is 17.7 Å². The second-order valence-electron chi connectivity index (χ2n) is 24.7. The monoisotopic (exact) mass is 1300 g/mol. The molecule has 0 aromatic heterocycles. The number of anilines is 3. The number of likely N-dealkylation sites (N-methyl/N-ethyl adjacent to an activating group) is 1. The van der Waals surface area contributed by atoms with Crippen LogP contribution in [0.4, 0.5) is 26.7 Å². The van der Waals surface area contributed by atoms with E-state index < -0.39 is 53.6 Å². The number of halogens is 1. The number of imide groups is 1. The highest BCUT2D eigenvalue weighted by molar-refractivity contribution is 6.19. The minimum Gasteiger partial charge on any atom is -0.493 e. The number of alkyl halides is 1. The van der Waals surface area contributed by atoms with E-state index in [0.717, 1.165) is 29.4 Å². The van der Waals surface area contributed by atoms with Gasteiger partial charge in [-0.3, -0.25) is 38.5 Å². The van der Waals surface area contributed by atoms with Crippen LogP contribution in [0.25, 0.3) is 10.8 Å². The van der Waals surface area contributed by atoms with E-state index in [2.05, 4.69) is 20.9 Å². The van der Waals surface area contributed by atoms with Gasteiger partial charge < -0.3 is 65.0 Å². The first-order valence-electron chi connectivity index (χ1n) is 32.5. The lowest BCUT2D eigenvalue weighted by Gasteiger charge is -2.39. The summed E-state index contributed by atoms with van der Waals surface area (Å²) < 4.78 is 30.3. The van der Waals surface area contributed by atoms with Gasteiger partial charge in [-0.2, -0.15) is 0 Å². The number of nitrogens with zero attached hydrogens (tertiary/aromatic N) is 6. The van der Waals surface area contributed by atoms with E-state index in [1.54, 1.807) is 57.2 Å². The zero-order chi connectivity index (χ0) is 65.8. The number of benzene rings is 4. The molecular weight excluding hydrogens is 1220 g/mol. The first-order chi connectivity index (χ1) is 45.1. The topological polar surface area (TPSA) is 281 Å². The molecule has 1 aliphatic carbocycles. The van der Waals surface area contributed by atoms with Crippen LogP contribution in [0.3, 0.4) is 0 Å². The molecule has 0 spiro atoms. The molecule has 1 saturated carbocycles. The van der Waals surface area contributed by atoms with Gasteiger partial charge in [-0.1, -0.05) is 42.8 Å². The van der Waals surface area contributed by atoms with Crippen LogP contribution in [0, 0.1) is 5.41 Å². The average Bonchev–Trinajstić information content (AvgIpc) is 1.67. The van der Waals surface area contributed by atoms with Crippen LogP contribution in [0.15, 0.2) is 78.9 Å². The molecule has 9 amide bonds. The van der Waals surface area contributed by atoms with Gasteiger partial charge in [-0.15, -0.1) is 11.6 Å². The number of hydrogen-bond acceptors (Lipinski definition) is 16. The molecule has 25 heteroatoms. The maximum Gasteiger partial charge on any atom is 0.416 e. The predicted octanol–water partition coefficient (Wildman–Crippen LogP) is 7.57. The summed E-state index contributed by atoms with van der Waals surface area (Å²) in [5.74, 6) is -1.30. The van der Waals surface area contributed by atoms with Crippen LogP contribution in [-0.2, 0) is 44.8 Å². The lowest BCUT2D eigenvalue weighted by atomic mass is 9.67. The number of rotatable bonds is 28. The highest BCUT2D eigenvalue weighted by Gasteiger charge is 2.52. The molecule has 5 N–H and O–H groups in total. The molecule has 498 valence electrons. The van der Waals surface area contributed by atoms with Crippen LogP contribution in [-0.4, -0.2) is 184 Å². The number of ether oxygens (including phenoxy) is 5. The van der Waals surface area contributed by atoms with Gasteiger partial charge in [-0.25, -0.2) is 14.5 Å². The van der Waals surface area contributed by atoms with E-state index in [0.29, 0.717) is 151 Å². The molecule has 1 unspecified atom stereocenters. The lowest BCUT2D eigenvalue weighted by molar-refractivity contribution is -0.151. The molecule has 4 aromatic rings. The van der Waals surface area contributed by atoms with Crippen LogP contribution in [0.5, 0.6) is 17.2 Å².